The summed E-state index contributed by atoms with van der Waals surface area (Å²) in [4.78, 5) is 3.96. The molecule has 20 heavy (non-hydrogen) atoms. The molecule has 2 rings (SSSR count). The lowest BCUT2D eigenvalue weighted by molar-refractivity contribution is 0.295. The molecule has 0 radical (unpaired) electrons. The van der Waals surface area contributed by atoms with E-state index in [2.05, 4.69) is 20.9 Å². The van der Waals surface area contributed by atoms with E-state index in [4.69, 9.17) is 10.5 Å². The predicted octanol–water partition coefficient (Wildman–Crippen LogP) is 3.45. The summed E-state index contributed by atoms with van der Waals surface area (Å²) in [6.07, 6.45) is 5.23. The molecule has 0 fully saturated rings. The van der Waals surface area contributed by atoms with Crippen molar-refractivity contribution in [3.8, 4) is 5.75 Å². The van der Waals surface area contributed by atoms with Gasteiger partial charge in [-0.1, -0.05) is 6.07 Å². The number of aromatic nitrogens is 1. The molecule has 0 amide bonds. The first-order chi connectivity index (χ1) is 9.72. The lowest BCUT2D eigenvalue weighted by Crippen LogP contribution is -2.04. The normalized spacial score (nSPS) is 10.6. The molecule has 0 atom stereocenters. The van der Waals surface area contributed by atoms with Crippen molar-refractivity contribution in [2.45, 2.75) is 19.4 Å². The second-order valence-electron chi connectivity index (χ2n) is 4.36. The molecule has 2 aromatic rings. The molecule has 0 aliphatic heterocycles. The van der Waals surface area contributed by atoms with Gasteiger partial charge in [0, 0.05) is 18.9 Å². The Morgan fingerprint density at radius 1 is 1.20 bits per heavy atom. The average molecular weight is 339 g/mol. The SMILES string of the molecule is NCc1ccc(OCCCc2ccncc2)c(F)c1Br. The molecule has 1 aromatic carbocycles. The first-order valence-electron chi connectivity index (χ1n) is 6.41. The summed E-state index contributed by atoms with van der Waals surface area (Å²) >= 11 is 3.19. The minimum Gasteiger partial charge on any atom is -0.490 e. The van der Waals surface area contributed by atoms with Crippen LogP contribution in [0.4, 0.5) is 4.39 Å². The summed E-state index contributed by atoms with van der Waals surface area (Å²) < 4.78 is 19.8. The van der Waals surface area contributed by atoms with Crippen LogP contribution in [0, 0.1) is 5.82 Å². The molecule has 0 bridgehead atoms. The van der Waals surface area contributed by atoms with E-state index in [0.717, 1.165) is 18.4 Å². The maximum Gasteiger partial charge on any atom is 0.179 e. The number of ether oxygens (including phenoxy) is 1. The molecule has 0 saturated carbocycles. The molecule has 0 spiro atoms. The highest BCUT2D eigenvalue weighted by Gasteiger charge is 2.11. The van der Waals surface area contributed by atoms with Crippen molar-refractivity contribution in [2.24, 2.45) is 5.73 Å². The fraction of sp³-hybridized carbons (Fsp3) is 0.267. The number of nitrogens with zero attached hydrogens (tertiary/aromatic N) is 1. The van der Waals surface area contributed by atoms with Crippen LogP contribution in [-0.4, -0.2) is 11.6 Å². The number of hydrogen-bond acceptors (Lipinski definition) is 3. The zero-order valence-electron chi connectivity index (χ0n) is 11.0. The van der Waals surface area contributed by atoms with Crippen LogP contribution in [0.1, 0.15) is 17.5 Å². The quantitative estimate of drug-likeness (QED) is 0.820. The summed E-state index contributed by atoms with van der Waals surface area (Å²) in [5.41, 5.74) is 7.44. The van der Waals surface area contributed by atoms with Crippen LogP contribution >= 0.6 is 15.9 Å². The third-order valence-corrected chi connectivity index (χ3v) is 3.82. The van der Waals surface area contributed by atoms with Gasteiger partial charge in [-0.2, -0.15) is 0 Å². The van der Waals surface area contributed by atoms with Crippen LogP contribution < -0.4 is 10.5 Å². The zero-order chi connectivity index (χ0) is 14.4. The second kappa shape index (κ2) is 7.36. The number of aryl methyl sites for hydroxylation is 1. The Morgan fingerprint density at radius 2 is 1.95 bits per heavy atom. The predicted molar refractivity (Wildman–Crippen MR) is 80.0 cm³/mol. The van der Waals surface area contributed by atoms with Gasteiger partial charge in [0.2, 0.25) is 0 Å². The number of pyridine rings is 1. The summed E-state index contributed by atoms with van der Waals surface area (Å²) in [5, 5.41) is 0. The third kappa shape index (κ3) is 3.77. The number of nitrogens with two attached hydrogens (primary N) is 1. The number of hydrogen-bond donors (Lipinski definition) is 1. The molecule has 3 nitrogen and oxygen atoms in total. The highest BCUT2D eigenvalue weighted by molar-refractivity contribution is 9.10. The smallest absolute Gasteiger partial charge is 0.179 e. The minimum absolute atomic E-state index is 0.254. The summed E-state index contributed by atoms with van der Waals surface area (Å²) in [5.74, 6) is -0.138. The zero-order valence-corrected chi connectivity index (χ0v) is 12.6. The van der Waals surface area contributed by atoms with E-state index in [1.807, 2.05) is 12.1 Å². The molecule has 5 heteroatoms. The van der Waals surface area contributed by atoms with Crippen LogP contribution in [0.15, 0.2) is 41.1 Å². The molecule has 0 aliphatic rings. The summed E-state index contributed by atoms with van der Waals surface area (Å²) in [6, 6.07) is 7.32. The van der Waals surface area contributed by atoms with Crippen LogP contribution in [0.5, 0.6) is 5.75 Å². The monoisotopic (exact) mass is 338 g/mol. The standard InChI is InChI=1S/C15H16BrFN2O/c16-14-12(10-18)3-4-13(15(14)17)20-9-1-2-11-5-7-19-8-6-11/h3-8H,1-2,9-10,18H2. The molecule has 0 aliphatic carbocycles. The first kappa shape index (κ1) is 14.9. The van der Waals surface area contributed by atoms with Crippen LogP contribution in [0.2, 0.25) is 0 Å². The molecular formula is C15H16BrFN2O. The molecular weight excluding hydrogens is 323 g/mol. The Bertz CT molecular complexity index is 563. The van der Waals surface area contributed by atoms with Crippen LogP contribution in [0.25, 0.3) is 0 Å². The molecule has 106 valence electrons. The summed E-state index contributed by atoms with van der Waals surface area (Å²) in [6.45, 7) is 0.757. The molecule has 0 saturated heterocycles. The van der Waals surface area contributed by atoms with Crippen molar-refractivity contribution in [2.75, 3.05) is 6.61 Å². The van der Waals surface area contributed by atoms with Crippen LogP contribution in [-0.2, 0) is 13.0 Å². The van der Waals surface area contributed by atoms with E-state index >= 15 is 0 Å². The second-order valence-corrected chi connectivity index (χ2v) is 5.16. The third-order valence-electron chi connectivity index (χ3n) is 2.96. The Morgan fingerprint density at radius 3 is 2.65 bits per heavy atom. The van der Waals surface area contributed by atoms with Crippen molar-refractivity contribution in [1.29, 1.82) is 0 Å². The van der Waals surface area contributed by atoms with Gasteiger partial charge in [-0.25, -0.2) is 4.39 Å². The Balaban J connectivity index is 1.87. The highest BCUT2D eigenvalue weighted by atomic mass is 79.9. The molecule has 1 aromatic heterocycles. The van der Waals surface area contributed by atoms with E-state index in [0.29, 0.717) is 17.6 Å². The molecule has 0 unspecified atom stereocenters. The highest BCUT2D eigenvalue weighted by Crippen LogP contribution is 2.28. The average Bonchev–Trinajstić information content (AvgIpc) is 2.49. The fourth-order valence-corrected chi connectivity index (χ4v) is 2.34. The van der Waals surface area contributed by atoms with Crippen molar-refractivity contribution in [1.82, 2.24) is 4.98 Å². The Hall–Kier alpha value is -1.46. The van der Waals surface area contributed by atoms with Crippen molar-refractivity contribution >= 4 is 15.9 Å². The number of benzene rings is 1. The van der Waals surface area contributed by atoms with Gasteiger partial charge >= 0.3 is 0 Å². The van der Waals surface area contributed by atoms with Crippen molar-refractivity contribution < 1.29 is 9.13 Å². The molecule has 1 heterocycles. The van der Waals surface area contributed by atoms with E-state index in [1.54, 1.807) is 24.5 Å². The van der Waals surface area contributed by atoms with Gasteiger partial charge in [0.1, 0.15) is 0 Å². The topological polar surface area (TPSA) is 48.1 Å². The minimum atomic E-state index is -0.392. The van der Waals surface area contributed by atoms with E-state index in [1.165, 1.54) is 5.56 Å². The van der Waals surface area contributed by atoms with Gasteiger partial charge in [-0.3, -0.25) is 4.98 Å². The lowest BCUT2D eigenvalue weighted by atomic mass is 10.1. The molecule has 2 N–H and O–H groups in total. The van der Waals surface area contributed by atoms with Crippen molar-refractivity contribution in [3.05, 3.63) is 58.1 Å². The first-order valence-corrected chi connectivity index (χ1v) is 7.20. The number of rotatable bonds is 6. The Labute approximate surface area is 126 Å². The van der Waals surface area contributed by atoms with Gasteiger partial charge in [0.25, 0.3) is 0 Å². The maximum atomic E-state index is 14.0. The fourth-order valence-electron chi connectivity index (χ4n) is 1.85. The largest absolute Gasteiger partial charge is 0.490 e. The van der Waals surface area contributed by atoms with Gasteiger partial charge in [0.05, 0.1) is 11.1 Å². The van der Waals surface area contributed by atoms with Gasteiger partial charge in [-0.05, 0) is 58.1 Å². The number of halogens is 2. The van der Waals surface area contributed by atoms with Gasteiger partial charge < -0.3 is 10.5 Å². The summed E-state index contributed by atoms with van der Waals surface area (Å²) in [7, 11) is 0. The van der Waals surface area contributed by atoms with E-state index in [9.17, 15) is 4.39 Å². The lowest BCUT2D eigenvalue weighted by Gasteiger charge is -2.10. The Kier molecular flexibility index (Phi) is 5.49. The van der Waals surface area contributed by atoms with Gasteiger partial charge in [0.15, 0.2) is 11.6 Å². The van der Waals surface area contributed by atoms with Crippen LogP contribution in [0.3, 0.4) is 0 Å². The van der Waals surface area contributed by atoms with E-state index < -0.39 is 5.82 Å². The van der Waals surface area contributed by atoms with Crippen molar-refractivity contribution in [3.63, 3.8) is 0 Å². The maximum absolute atomic E-state index is 14.0. The van der Waals surface area contributed by atoms with Gasteiger partial charge in [-0.15, -0.1) is 0 Å². The van der Waals surface area contributed by atoms with E-state index in [-0.39, 0.29) is 5.75 Å².